The number of ether oxygens (including phenoxy) is 1. The highest BCUT2D eigenvalue weighted by atomic mass is 16.5. The average Bonchev–Trinajstić information content (AvgIpc) is 3.19. The highest BCUT2D eigenvalue weighted by Crippen LogP contribution is 2.40. The predicted octanol–water partition coefficient (Wildman–Crippen LogP) is 2.92. The molecule has 2 aliphatic rings. The number of carbonyl (C=O) groups is 1. The Kier molecular flexibility index (Phi) is 4.41. The summed E-state index contributed by atoms with van der Waals surface area (Å²) in [6.07, 6.45) is 11.7. The normalized spacial score (nSPS) is 19.3. The van der Waals surface area contributed by atoms with Crippen LogP contribution in [0.2, 0.25) is 0 Å². The summed E-state index contributed by atoms with van der Waals surface area (Å²) in [5, 5.41) is 7.38. The molecule has 1 N–H and O–H groups in total. The second kappa shape index (κ2) is 7.44. The number of hydrogen-bond donors (Lipinski definition) is 1. The number of hydrogen-bond acceptors (Lipinski definition) is 6. The summed E-state index contributed by atoms with van der Waals surface area (Å²) in [4.78, 5) is 25.3. The zero-order chi connectivity index (χ0) is 21.7. The van der Waals surface area contributed by atoms with E-state index in [0.717, 1.165) is 40.8 Å². The molecule has 0 bridgehead atoms. The molecule has 1 saturated heterocycles. The molecule has 0 aromatic carbocycles. The van der Waals surface area contributed by atoms with E-state index in [1.54, 1.807) is 23.3 Å². The van der Waals surface area contributed by atoms with Crippen LogP contribution in [0.25, 0.3) is 28.0 Å². The van der Waals surface area contributed by atoms with Crippen molar-refractivity contribution in [1.29, 1.82) is 0 Å². The molecular formula is C23H23N7O2. The minimum absolute atomic E-state index is 0.0730. The highest BCUT2D eigenvalue weighted by molar-refractivity contribution is 5.85. The van der Waals surface area contributed by atoms with Crippen molar-refractivity contribution in [3.8, 4) is 22.8 Å². The number of carbonyl (C=O) groups excluding carboxylic acids is 1. The third-order valence-corrected chi connectivity index (χ3v) is 6.24. The zero-order valence-electron chi connectivity index (χ0n) is 17.7. The minimum atomic E-state index is -0.151. The topological polar surface area (TPSA) is 99.8 Å². The van der Waals surface area contributed by atoms with Gasteiger partial charge in [-0.2, -0.15) is 5.10 Å². The quantitative estimate of drug-likeness (QED) is 0.506. The number of imidazole rings is 1. The van der Waals surface area contributed by atoms with Crippen LogP contribution in [0.15, 0.2) is 49.3 Å². The number of aromatic nitrogens is 6. The zero-order valence-corrected chi connectivity index (χ0v) is 17.7. The van der Waals surface area contributed by atoms with Crippen molar-refractivity contribution in [2.45, 2.75) is 38.3 Å². The fraction of sp³-hybridized carbons (Fsp3) is 0.348. The second-order valence-electron chi connectivity index (χ2n) is 8.53. The number of fused-ring (bicyclic) bond motifs is 1. The number of rotatable bonds is 6. The number of pyridine rings is 2. The lowest BCUT2D eigenvalue weighted by Gasteiger charge is -2.20. The Morgan fingerprint density at radius 2 is 2.09 bits per heavy atom. The molecule has 1 aliphatic carbocycles. The molecule has 0 unspecified atom stereocenters. The molecule has 162 valence electrons. The molecule has 5 heterocycles. The van der Waals surface area contributed by atoms with E-state index >= 15 is 0 Å². The van der Waals surface area contributed by atoms with Crippen LogP contribution in [0.4, 0.5) is 0 Å². The molecule has 0 radical (unpaired) electrons. The Morgan fingerprint density at radius 3 is 2.84 bits per heavy atom. The highest BCUT2D eigenvalue weighted by Gasteiger charge is 2.31. The van der Waals surface area contributed by atoms with Gasteiger partial charge in [-0.15, -0.1) is 0 Å². The lowest BCUT2D eigenvalue weighted by molar-refractivity contribution is -0.119. The molecule has 32 heavy (non-hydrogen) atoms. The van der Waals surface area contributed by atoms with Crippen LogP contribution < -0.4 is 10.1 Å². The summed E-state index contributed by atoms with van der Waals surface area (Å²) in [7, 11) is 0. The smallest absolute Gasteiger partial charge is 0.241 e. The van der Waals surface area contributed by atoms with Gasteiger partial charge in [0.2, 0.25) is 11.8 Å². The van der Waals surface area contributed by atoms with Gasteiger partial charge in [0.25, 0.3) is 0 Å². The van der Waals surface area contributed by atoms with E-state index in [2.05, 4.69) is 25.0 Å². The summed E-state index contributed by atoms with van der Waals surface area (Å²) < 4.78 is 10.4. The van der Waals surface area contributed by atoms with Crippen LogP contribution in [0, 0.1) is 5.92 Å². The van der Waals surface area contributed by atoms with E-state index in [0.29, 0.717) is 24.9 Å². The van der Waals surface area contributed by atoms with Gasteiger partial charge in [-0.05, 0) is 38.0 Å². The van der Waals surface area contributed by atoms with Crippen LogP contribution >= 0.6 is 0 Å². The van der Waals surface area contributed by atoms with Crippen molar-refractivity contribution < 1.29 is 9.53 Å². The third-order valence-electron chi connectivity index (χ3n) is 6.24. The molecule has 1 aliphatic heterocycles. The van der Waals surface area contributed by atoms with E-state index in [1.165, 1.54) is 0 Å². The summed E-state index contributed by atoms with van der Waals surface area (Å²) in [6, 6.07) is 6.24. The number of nitrogens with zero attached hydrogens (tertiary/aromatic N) is 6. The largest absolute Gasteiger partial charge is 0.473 e. The summed E-state index contributed by atoms with van der Waals surface area (Å²) in [5.74, 6) is 0.754. The molecule has 4 aromatic rings. The van der Waals surface area contributed by atoms with Gasteiger partial charge < -0.3 is 14.6 Å². The summed E-state index contributed by atoms with van der Waals surface area (Å²) in [5.41, 5.74) is 4.32. The van der Waals surface area contributed by atoms with Gasteiger partial charge in [0.1, 0.15) is 11.6 Å². The van der Waals surface area contributed by atoms with Crippen molar-refractivity contribution in [2.24, 2.45) is 5.92 Å². The van der Waals surface area contributed by atoms with Gasteiger partial charge in [0.05, 0.1) is 29.4 Å². The first kappa shape index (κ1) is 19.0. The van der Waals surface area contributed by atoms with E-state index < -0.39 is 0 Å². The molecule has 9 heteroatoms. The SMILES string of the molecule is C[C@@H](Oc1nc(-c2cnn(-c3ccncc3)c2)cc2ncn(C3CC3)c12)[C@H]1CNC(=O)C1. The van der Waals surface area contributed by atoms with Gasteiger partial charge >= 0.3 is 0 Å². The third kappa shape index (κ3) is 3.39. The van der Waals surface area contributed by atoms with Crippen LogP contribution in [-0.2, 0) is 4.79 Å². The van der Waals surface area contributed by atoms with Crippen molar-refractivity contribution >= 4 is 16.9 Å². The van der Waals surface area contributed by atoms with Crippen LogP contribution in [0.3, 0.4) is 0 Å². The standard InChI is InChI=1S/C23H23N7O2/c1-14(15-8-21(31)25-10-15)32-23-22-20(26-13-29(22)17-2-3-17)9-19(28-23)16-11-27-30(12-16)18-4-6-24-7-5-18/h4-7,9,11-15,17H,2-3,8,10H2,1H3,(H,25,31)/t14-,15-/m1/s1. The van der Waals surface area contributed by atoms with Gasteiger partial charge in [-0.1, -0.05) is 0 Å². The van der Waals surface area contributed by atoms with Gasteiger partial charge in [0, 0.05) is 49.1 Å². The molecule has 2 fully saturated rings. The van der Waals surface area contributed by atoms with Crippen molar-refractivity contribution in [1.82, 2.24) is 34.6 Å². The second-order valence-corrected chi connectivity index (χ2v) is 8.53. The molecule has 2 atom stereocenters. The first-order valence-corrected chi connectivity index (χ1v) is 10.9. The molecule has 0 spiro atoms. The fourth-order valence-electron chi connectivity index (χ4n) is 4.21. The van der Waals surface area contributed by atoms with E-state index in [4.69, 9.17) is 9.72 Å². The van der Waals surface area contributed by atoms with Crippen molar-refractivity contribution in [3.05, 3.63) is 49.3 Å². The van der Waals surface area contributed by atoms with E-state index in [-0.39, 0.29) is 17.9 Å². The monoisotopic (exact) mass is 429 g/mol. The Balaban J connectivity index is 1.39. The first-order chi connectivity index (χ1) is 15.7. The van der Waals surface area contributed by atoms with E-state index in [9.17, 15) is 4.79 Å². The van der Waals surface area contributed by atoms with Crippen LogP contribution in [0.5, 0.6) is 5.88 Å². The van der Waals surface area contributed by atoms with Gasteiger partial charge in [-0.3, -0.25) is 9.78 Å². The first-order valence-electron chi connectivity index (χ1n) is 10.9. The van der Waals surface area contributed by atoms with Crippen LogP contribution in [-0.4, -0.2) is 47.9 Å². The minimum Gasteiger partial charge on any atom is -0.473 e. The summed E-state index contributed by atoms with van der Waals surface area (Å²) >= 11 is 0. The van der Waals surface area contributed by atoms with Crippen molar-refractivity contribution in [3.63, 3.8) is 0 Å². The predicted molar refractivity (Wildman–Crippen MR) is 117 cm³/mol. The van der Waals surface area contributed by atoms with E-state index in [1.807, 2.05) is 37.6 Å². The summed E-state index contributed by atoms with van der Waals surface area (Å²) in [6.45, 7) is 2.63. The Hall–Kier alpha value is -3.75. The Labute approximate surface area is 184 Å². The molecule has 1 saturated carbocycles. The lowest BCUT2D eigenvalue weighted by atomic mass is 10.0. The number of amides is 1. The fourth-order valence-corrected chi connectivity index (χ4v) is 4.21. The average molecular weight is 429 g/mol. The molecular weight excluding hydrogens is 406 g/mol. The van der Waals surface area contributed by atoms with Gasteiger partial charge in [-0.25, -0.2) is 14.6 Å². The van der Waals surface area contributed by atoms with Gasteiger partial charge in [0.15, 0.2) is 0 Å². The maximum Gasteiger partial charge on any atom is 0.241 e. The molecule has 4 aromatic heterocycles. The Bertz CT molecular complexity index is 1290. The lowest BCUT2D eigenvalue weighted by Crippen LogP contribution is -2.26. The van der Waals surface area contributed by atoms with Crippen LogP contribution in [0.1, 0.15) is 32.2 Å². The maximum absolute atomic E-state index is 11.7. The molecule has 1 amide bonds. The Morgan fingerprint density at radius 1 is 1.25 bits per heavy atom. The molecule has 6 rings (SSSR count). The van der Waals surface area contributed by atoms with Crippen molar-refractivity contribution in [2.75, 3.05) is 6.54 Å². The molecule has 9 nitrogen and oxygen atoms in total. The number of nitrogens with one attached hydrogen (secondary N) is 1. The maximum atomic E-state index is 11.7.